The van der Waals surface area contributed by atoms with E-state index < -0.39 is 0 Å². The Hall–Kier alpha value is -1.16. The summed E-state index contributed by atoms with van der Waals surface area (Å²) >= 11 is 1.83. The predicted molar refractivity (Wildman–Crippen MR) is 88.2 cm³/mol. The molecule has 0 spiro atoms. The van der Waals surface area contributed by atoms with E-state index >= 15 is 0 Å². The zero-order valence-corrected chi connectivity index (χ0v) is 13.4. The summed E-state index contributed by atoms with van der Waals surface area (Å²) in [5.74, 6) is 0. The van der Waals surface area contributed by atoms with E-state index in [0.717, 1.165) is 13.1 Å². The molecule has 0 radical (unpaired) electrons. The average molecular weight is 288 g/mol. The van der Waals surface area contributed by atoms with Gasteiger partial charge in [0.1, 0.15) is 0 Å². The van der Waals surface area contributed by atoms with E-state index in [1.807, 2.05) is 11.3 Å². The number of benzene rings is 1. The van der Waals surface area contributed by atoms with Crippen molar-refractivity contribution < 1.29 is 0 Å². The zero-order chi connectivity index (χ0) is 14.4. The first-order chi connectivity index (χ1) is 9.74. The van der Waals surface area contributed by atoms with Crippen molar-refractivity contribution in [3.05, 3.63) is 58.3 Å². The number of likely N-dealkylation sites (N-methyl/N-ethyl adjacent to an activating group) is 2. The molecule has 0 bridgehead atoms. The van der Waals surface area contributed by atoms with Crippen LogP contribution >= 0.6 is 11.3 Å². The quantitative estimate of drug-likeness (QED) is 0.825. The fourth-order valence-electron chi connectivity index (χ4n) is 2.45. The Kier molecular flexibility index (Phi) is 5.77. The lowest BCUT2D eigenvalue weighted by atomic mass is 10.0. The van der Waals surface area contributed by atoms with Crippen LogP contribution in [0.5, 0.6) is 0 Å². The van der Waals surface area contributed by atoms with Crippen LogP contribution in [0.2, 0.25) is 0 Å². The summed E-state index contributed by atoms with van der Waals surface area (Å²) < 4.78 is 0. The Morgan fingerprint density at radius 3 is 2.50 bits per heavy atom. The van der Waals surface area contributed by atoms with Crippen LogP contribution < -0.4 is 5.32 Å². The molecule has 0 fully saturated rings. The van der Waals surface area contributed by atoms with Crippen molar-refractivity contribution in [2.45, 2.75) is 25.9 Å². The maximum Gasteiger partial charge on any atom is 0.0475 e. The summed E-state index contributed by atoms with van der Waals surface area (Å²) in [5.41, 5.74) is 1.37. The van der Waals surface area contributed by atoms with Crippen molar-refractivity contribution in [1.29, 1.82) is 0 Å². The molecule has 3 heteroatoms. The highest BCUT2D eigenvalue weighted by Crippen LogP contribution is 2.30. The van der Waals surface area contributed by atoms with Gasteiger partial charge in [-0.2, -0.15) is 0 Å². The molecule has 0 aliphatic heterocycles. The van der Waals surface area contributed by atoms with E-state index in [1.54, 1.807) is 0 Å². The first-order valence-electron chi connectivity index (χ1n) is 7.25. The Morgan fingerprint density at radius 1 is 1.15 bits per heavy atom. The molecule has 0 amide bonds. The zero-order valence-electron chi connectivity index (χ0n) is 12.5. The molecule has 2 nitrogen and oxygen atoms in total. The van der Waals surface area contributed by atoms with Crippen molar-refractivity contribution >= 4 is 11.3 Å². The van der Waals surface area contributed by atoms with E-state index in [4.69, 9.17) is 0 Å². The first-order valence-corrected chi connectivity index (χ1v) is 8.13. The van der Waals surface area contributed by atoms with Crippen molar-refractivity contribution in [2.75, 3.05) is 20.1 Å². The average Bonchev–Trinajstić information content (AvgIpc) is 3.02. The van der Waals surface area contributed by atoms with E-state index in [2.05, 4.69) is 79.0 Å². The molecule has 1 N–H and O–H groups in total. The highest BCUT2D eigenvalue weighted by molar-refractivity contribution is 7.10. The Morgan fingerprint density at radius 2 is 1.90 bits per heavy atom. The largest absolute Gasteiger partial charge is 0.315 e. The topological polar surface area (TPSA) is 15.3 Å². The molecule has 0 aliphatic rings. The highest BCUT2D eigenvalue weighted by atomic mass is 32.1. The monoisotopic (exact) mass is 288 g/mol. The maximum atomic E-state index is 3.49. The second kappa shape index (κ2) is 7.58. The van der Waals surface area contributed by atoms with Crippen molar-refractivity contribution in [3.63, 3.8) is 0 Å². The molecular weight excluding hydrogens is 264 g/mol. The molecule has 1 aromatic heterocycles. The third-order valence-corrected chi connectivity index (χ3v) is 4.87. The van der Waals surface area contributed by atoms with Gasteiger partial charge in [-0.3, -0.25) is 4.90 Å². The van der Waals surface area contributed by atoms with Crippen molar-refractivity contribution in [1.82, 2.24) is 10.2 Å². The van der Waals surface area contributed by atoms with Gasteiger partial charge in [-0.25, -0.2) is 0 Å². The fraction of sp³-hybridized carbons (Fsp3) is 0.412. The molecular formula is C17H24N2S. The van der Waals surface area contributed by atoms with Crippen LogP contribution in [0.15, 0.2) is 47.8 Å². The molecule has 1 aromatic carbocycles. The van der Waals surface area contributed by atoms with Crippen LogP contribution in [0.3, 0.4) is 0 Å². The van der Waals surface area contributed by atoms with Crippen LogP contribution in [0, 0.1) is 0 Å². The molecule has 2 unspecified atom stereocenters. The molecule has 20 heavy (non-hydrogen) atoms. The van der Waals surface area contributed by atoms with Crippen molar-refractivity contribution in [3.8, 4) is 0 Å². The van der Waals surface area contributed by atoms with Gasteiger partial charge >= 0.3 is 0 Å². The molecule has 0 saturated heterocycles. The molecule has 2 atom stereocenters. The Balaban J connectivity index is 2.17. The van der Waals surface area contributed by atoms with Gasteiger partial charge in [0.15, 0.2) is 0 Å². The standard InChI is InChI=1S/C17H24N2S/c1-4-18-13-16(15-9-6-5-7-10-15)19(3)14(2)17-11-8-12-20-17/h5-12,14,16,18H,4,13H2,1-3H3. The van der Waals surface area contributed by atoms with Gasteiger partial charge in [0.25, 0.3) is 0 Å². The number of hydrogen-bond acceptors (Lipinski definition) is 3. The minimum absolute atomic E-state index is 0.397. The third kappa shape index (κ3) is 3.69. The molecule has 2 aromatic rings. The maximum absolute atomic E-state index is 3.49. The highest BCUT2D eigenvalue weighted by Gasteiger charge is 2.22. The number of nitrogens with one attached hydrogen (secondary N) is 1. The lowest BCUT2D eigenvalue weighted by Crippen LogP contribution is -2.34. The summed E-state index contributed by atoms with van der Waals surface area (Å²) in [6, 6.07) is 15.9. The number of nitrogens with zero attached hydrogens (tertiary/aromatic N) is 1. The van der Waals surface area contributed by atoms with Gasteiger partial charge in [-0.15, -0.1) is 11.3 Å². The molecule has 1 heterocycles. The van der Waals surface area contributed by atoms with Crippen LogP contribution in [0.1, 0.15) is 36.4 Å². The summed E-state index contributed by atoms with van der Waals surface area (Å²) in [6.45, 7) is 6.43. The molecule has 0 saturated carbocycles. The van der Waals surface area contributed by atoms with Gasteiger partial charge in [0.05, 0.1) is 0 Å². The lowest BCUT2D eigenvalue weighted by molar-refractivity contribution is 0.184. The summed E-state index contributed by atoms with van der Waals surface area (Å²) in [4.78, 5) is 3.88. The second-order valence-corrected chi connectivity index (χ2v) is 6.07. The van der Waals surface area contributed by atoms with Gasteiger partial charge in [-0.1, -0.05) is 43.3 Å². The minimum Gasteiger partial charge on any atom is -0.315 e. The second-order valence-electron chi connectivity index (χ2n) is 5.09. The van der Waals surface area contributed by atoms with E-state index in [0.29, 0.717) is 12.1 Å². The molecule has 0 aliphatic carbocycles. The van der Waals surface area contributed by atoms with Crippen LogP contribution in [-0.2, 0) is 0 Å². The number of thiophene rings is 1. The van der Waals surface area contributed by atoms with E-state index in [-0.39, 0.29) is 0 Å². The van der Waals surface area contributed by atoms with Crippen LogP contribution in [0.4, 0.5) is 0 Å². The Bertz CT molecular complexity index is 481. The predicted octanol–water partition coefficient (Wildman–Crippen LogP) is 4.09. The smallest absolute Gasteiger partial charge is 0.0475 e. The van der Waals surface area contributed by atoms with Gasteiger partial charge in [0.2, 0.25) is 0 Å². The minimum atomic E-state index is 0.397. The summed E-state index contributed by atoms with van der Waals surface area (Å²) in [5, 5.41) is 5.64. The molecule has 108 valence electrons. The number of hydrogen-bond donors (Lipinski definition) is 1. The van der Waals surface area contributed by atoms with Crippen LogP contribution in [-0.4, -0.2) is 25.0 Å². The first kappa shape index (κ1) is 15.2. The number of rotatable bonds is 7. The van der Waals surface area contributed by atoms with Gasteiger partial charge in [0, 0.05) is 23.5 Å². The van der Waals surface area contributed by atoms with Crippen LogP contribution in [0.25, 0.3) is 0 Å². The van der Waals surface area contributed by atoms with Crippen molar-refractivity contribution in [2.24, 2.45) is 0 Å². The normalized spacial score (nSPS) is 14.4. The SMILES string of the molecule is CCNCC(c1ccccc1)N(C)C(C)c1cccs1. The summed E-state index contributed by atoms with van der Waals surface area (Å²) in [7, 11) is 2.22. The van der Waals surface area contributed by atoms with Gasteiger partial charge in [-0.05, 0) is 37.5 Å². The fourth-order valence-corrected chi connectivity index (χ4v) is 3.29. The third-order valence-electron chi connectivity index (χ3n) is 3.83. The summed E-state index contributed by atoms with van der Waals surface area (Å²) in [6.07, 6.45) is 0. The lowest BCUT2D eigenvalue weighted by Gasteiger charge is -2.33. The Labute approximate surface area is 126 Å². The van der Waals surface area contributed by atoms with E-state index in [1.165, 1.54) is 10.4 Å². The molecule has 2 rings (SSSR count). The van der Waals surface area contributed by atoms with Gasteiger partial charge < -0.3 is 5.32 Å². The van der Waals surface area contributed by atoms with E-state index in [9.17, 15) is 0 Å².